The topological polar surface area (TPSA) is 78.5 Å². The zero-order chi connectivity index (χ0) is 21.8. The average molecular weight is 418 g/mol. The summed E-state index contributed by atoms with van der Waals surface area (Å²) in [7, 11) is 1.60. The lowest BCUT2D eigenvalue weighted by Crippen LogP contribution is -2.31. The molecule has 0 bridgehead atoms. The van der Waals surface area contributed by atoms with E-state index in [4.69, 9.17) is 4.74 Å². The van der Waals surface area contributed by atoms with Crippen LogP contribution >= 0.6 is 0 Å². The van der Waals surface area contributed by atoms with Gasteiger partial charge >= 0.3 is 0 Å². The molecule has 0 saturated carbocycles. The monoisotopic (exact) mass is 417 g/mol. The number of fused-ring (bicyclic) bond motifs is 2. The van der Waals surface area contributed by atoms with Crippen molar-refractivity contribution in [1.29, 1.82) is 0 Å². The van der Waals surface area contributed by atoms with Crippen LogP contribution in [0.4, 0.5) is 0 Å². The molecule has 3 aromatic rings. The number of ether oxygens (including phenoxy) is 1. The van der Waals surface area contributed by atoms with E-state index in [0.717, 1.165) is 35.2 Å². The average Bonchev–Trinajstić information content (AvgIpc) is 3.38. The molecule has 0 saturated heterocycles. The highest BCUT2D eigenvalue weighted by atomic mass is 16.5. The summed E-state index contributed by atoms with van der Waals surface area (Å²) in [5.74, 6) is 0.598. The van der Waals surface area contributed by atoms with E-state index in [1.807, 2.05) is 36.4 Å². The van der Waals surface area contributed by atoms with E-state index in [0.29, 0.717) is 17.9 Å². The lowest BCUT2D eigenvalue weighted by atomic mass is 9.90. The molecule has 1 atom stereocenters. The first-order chi connectivity index (χ1) is 14.9. The number of aromatic amines is 1. The zero-order valence-electron chi connectivity index (χ0n) is 18.1. The van der Waals surface area contributed by atoms with Crippen molar-refractivity contribution in [2.24, 2.45) is 5.41 Å². The molecule has 1 aromatic heterocycles. The molecule has 31 heavy (non-hydrogen) atoms. The maximum atomic E-state index is 13.2. The molecule has 160 valence electrons. The minimum Gasteiger partial charge on any atom is -0.496 e. The first-order valence-corrected chi connectivity index (χ1v) is 10.7. The SMILES string of the molecule is COc1ccccc1C(CO)N1Cc2cc(-c3n[nH]c4c3CC(C)(C)C4)ccc2C1=O. The molecule has 1 amide bonds. The van der Waals surface area contributed by atoms with Gasteiger partial charge in [0.25, 0.3) is 5.91 Å². The van der Waals surface area contributed by atoms with Crippen molar-refractivity contribution >= 4 is 5.91 Å². The quantitative estimate of drug-likeness (QED) is 0.660. The molecule has 5 rings (SSSR count). The Labute approximate surface area is 181 Å². The van der Waals surface area contributed by atoms with Gasteiger partial charge in [0.15, 0.2) is 0 Å². The van der Waals surface area contributed by atoms with Crippen LogP contribution in [0.5, 0.6) is 5.75 Å². The molecule has 2 heterocycles. The van der Waals surface area contributed by atoms with Crippen LogP contribution in [-0.4, -0.2) is 39.8 Å². The maximum absolute atomic E-state index is 13.2. The number of hydrogen-bond acceptors (Lipinski definition) is 4. The zero-order valence-corrected chi connectivity index (χ0v) is 18.1. The van der Waals surface area contributed by atoms with Crippen LogP contribution in [0.2, 0.25) is 0 Å². The second kappa shape index (κ2) is 7.24. The van der Waals surface area contributed by atoms with E-state index in [2.05, 4.69) is 30.1 Å². The van der Waals surface area contributed by atoms with E-state index in [-0.39, 0.29) is 17.9 Å². The molecule has 2 aliphatic rings. The molecule has 6 heteroatoms. The number of amides is 1. The Hall–Kier alpha value is -3.12. The second-order valence-electron chi connectivity index (χ2n) is 9.29. The summed E-state index contributed by atoms with van der Waals surface area (Å²) in [6.07, 6.45) is 2.00. The van der Waals surface area contributed by atoms with E-state index < -0.39 is 6.04 Å². The molecule has 6 nitrogen and oxygen atoms in total. The first kappa shape index (κ1) is 19.8. The molecule has 1 unspecified atom stereocenters. The minimum absolute atomic E-state index is 0.0695. The van der Waals surface area contributed by atoms with Gasteiger partial charge in [0, 0.05) is 34.5 Å². The number of H-pyrrole nitrogens is 1. The molecule has 0 fully saturated rings. The predicted molar refractivity (Wildman–Crippen MR) is 118 cm³/mol. The van der Waals surface area contributed by atoms with Crippen molar-refractivity contribution < 1.29 is 14.6 Å². The molecule has 2 N–H and O–H groups in total. The number of para-hydroxylation sites is 1. The fourth-order valence-electron chi connectivity index (χ4n) is 5.05. The summed E-state index contributed by atoms with van der Waals surface area (Å²) in [5.41, 5.74) is 7.21. The lowest BCUT2D eigenvalue weighted by Gasteiger charge is -2.27. The highest BCUT2D eigenvalue weighted by molar-refractivity contribution is 5.99. The third-order valence-corrected chi connectivity index (χ3v) is 6.52. The number of aromatic nitrogens is 2. The third kappa shape index (κ3) is 3.22. The maximum Gasteiger partial charge on any atom is 0.255 e. The van der Waals surface area contributed by atoms with Crippen LogP contribution in [0.15, 0.2) is 42.5 Å². The predicted octanol–water partition coefficient (Wildman–Crippen LogP) is 3.90. The molecular weight excluding hydrogens is 390 g/mol. The summed E-state index contributed by atoms with van der Waals surface area (Å²) in [5, 5.41) is 17.9. The largest absolute Gasteiger partial charge is 0.496 e. The van der Waals surface area contributed by atoms with Crippen LogP contribution in [-0.2, 0) is 19.4 Å². The highest BCUT2D eigenvalue weighted by Gasteiger charge is 2.36. The van der Waals surface area contributed by atoms with Crippen molar-refractivity contribution in [3.05, 3.63) is 70.4 Å². The molecule has 1 aliphatic carbocycles. The Bertz CT molecular complexity index is 1160. The molecule has 0 radical (unpaired) electrons. The van der Waals surface area contributed by atoms with Crippen molar-refractivity contribution in [3.63, 3.8) is 0 Å². The summed E-state index contributed by atoms with van der Waals surface area (Å²) < 4.78 is 5.47. The number of benzene rings is 2. The summed E-state index contributed by atoms with van der Waals surface area (Å²) in [6.45, 7) is 4.83. The van der Waals surface area contributed by atoms with Crippen LogP contribution < -0.4 is 4.74 Å². The fraction of sp³-hybridized carbons (Fsp3) is 0.360. The van der Waals surface area contributed by atoms with Crippen LogP contribution in [0, 0.1) is 5.41 Å². The van der Waals surface area contributed by atoms with Gasteiger partial charge < -0.3 is 14.7 Å². The standard InChI is InChI=1S/C25H27N3O3/c1-25(2)11-19-20(12-25)26-27-23(19)15-8-9-17-16(10-15)13-28(24(17)30)21(14-29)18-6-4-5-7-22(18)31-3/h4-10,21,29H,11-14H2,1-3H3,(H,26,27). The number of carbonyl (C=O) groups excluding carboxylic acids is 1. The molecule has 2 aromatic carbocycles. The smallest absolute Gasteiger partial charge is 0.255 e. The number of nitrogens with one attached hydrogen (secondary N) is 1. The van der Waals surface area contributed by atoms with Gasteiger partial charge in [0.05, 0.1) is 25.5 Å². The van der Waals surface area contributed by atoms with E-state index in [9.17, 15) is 9.90 Å². The van der Waals surface area contributed by atoms with Gasteiger partial charge in [-0.05, 0) is 42.0 Å². The number of rotatable bonds is 5. The van der Waals surface area contributed by atoms with Crippen LogP contribution in [0.1, 0.15) is 52.6 Å². The van der Waals surface area contributed by atoms with Crippen LogP contribution in [0.3, 0.4) is 0 Å². The van der Waals surface area contributed by atoms with Crippen molar-refractivity contribution in [2.75, 3.05) is 13.7 Å². The summed E-state index contributed by atoms with van der Waals surface area (Å²) in [4.78, 5) is 14.9. The van der Waals surface area contributed by atoms with Crippen molar-refractivity contribution in [2.45, 2.75) is 39.3 Å². The normalized spacial score (nSPS) is 17.5. The number of aliphatic hydroxyl groups excluding tert-OH is 1. The molecule has 0 spiro atoms. The Morgan fingerprint density at radius 2 is 2.03 bits per heavy atom. The number of methoxy groups -OCH3 is 1. The number of hydrogen-bond donors (Lipinski definition) is 2. The van der Waals surface area contributed by atoms with Gasteiger partial charge in [0.1, 0.15) is 5.75 Å². The highest BCUT2D eigenvalue weighted by Crippen LogP contribution is 2.41. The molecular formula is C25H27N3O3. The number of aliphatic hydroxyl groups is 1. The molecule has 1 aliphatic heterocycles. The van der Waals surface area contributed by atoms with Crippen molar-refractivity contribution in [3.8, 4) is 17.0 Å². The van der Waals surface area contributed by atoms with Gasteiger partial charge in [-0.3, -0.25) is 9.89 Å². The van der Waals surface area contributed by atoms with Gasteiger partial charge in [-0.2, -0.15) is 5.10 Å². The third-order valence-electron chi connectivity index (χ3n) is 6.52. The Balaban J connectivity index is 1.47. The fourth-order valence-corrected chi connectivity index (χ4v) is 5.05. The van der Waals surface area contributed by atoms with Crippen molar-refractivity contribution in [1.82, 2.24) is 15.1 Å². The van der Waals surface area contributed by atoms with E-state index in [1.165, 1.54) is 11.3 Å². The van der Waals surface area contributed by atoms with Gasteiger partial charge in [-0.15, -0.1) is 0 Å². The van der Waals surface area contributed by atoms with Gasteiger partial charge in [-0.25, -0.2) is 0 Å². The van der Waals surface area contributed by atoms with Gasteiger partial charge in [-0.1, -0.05) is 38.1 Å². The Morgan fingerprint density at radius 3 is 2.81 bits per heavy atom. The second-order valence-corrected chi connectivity index (χ2v) is 9.29. The lowest BCUT2D eigenvalue weighted by molar-refractivity contribution is 0.0612. The Morgan fingerprint density at radius 1 is 1.23 bits per heavy atom. The Kier molecular flexibility index (Phi) is 4.63. The van der Waals surface area contributed by atoms with E-state index >= 15 is 0 Å². The number of nitrogens with zero attached hydrogens (tertiary/aromatic N) is 2. The first-order valence-electron chi connectivity index (χ1n) is 10.7. The van der Waals surface area contributed by atoms with Gasteiger partial charge in [0.2, 0.25) is 0 Å². The van der Waals surface area contributed by atoms with Crippen LogP contribution in [0.25, 0.3) is 11.3 Å². The minimum atomic E-state index is -0.463. The summed E-state index contributed by atoms with van der Waals surface area (Å²) in [6, 6.07) is 13.0. The van der Waals surface area contributed by atoms with E-state index in [1.54, 1.807) is 12.0 Å². The summed E-state index contributed by atoms with van der Waals surface area (Å²) >= 11 is 0. The number of carbonyl (C=O) groups is 1.